The monoisotopic (exact) mass is 339 g/mol. The van der Waals surface area contributed by atoms with Crippen molar-refractivity contribution in [3.63, 3.8) is 0 Å². The summed E-state index contributed by atoms with van der Waals surface area (Å²) >= 11 is 3.45. The van der Waals surface area contributed by atoms with Gasteiger partial charge in [-0.2, -0.15) is 0 Å². The highest BCUT2D eigenvalue weighted by atomic mass is 79.9. The number of nitrogens with zero attached hydrogens (tertiary/aromatic N) is 1. The van der Waals surface area contributed by atoms with E-state index in [9.17, 15) is 4.79 Å². The van der Waals surface area contributed by atoms with Gasteiger partial charge in [-0.3, -0.25) is 4.79 Å². The fourth-order valence-electron chi connectivity index (χ4n) is 2.52. The van der Waals surface area contributed by atoms with Crippen LogP contribution in [0.2, 0.25) is 0 Å². The molecule has 5 heteroatoms. The van der Waals surface area contributed by atoms with E-state index in [1.54, 1.807) is 6.07 Å². The van der Waals surface area contributed by atoms with Crippen molar-refractivity contribution >= 4 is 21.8 Å². The van der Waals surface area contributed by atoms with Gasteiger partial charge in [0.05, 0.1) is 4.47 Å². The number of halogens is 1. The quantitative estimate of drug-likeness (QED) is 0.849. The highest BCUT2D eigenvalue weighted by Crippen LogP contribution is 2.39. The summed E-state index contributed by atoms with van der Waals surface area (Å²) in [5.41, 5.74) is 0.635. The van der Waals surface area contributed by atoms with Gasteiger partial charge >= 0.3 is 0 Å². The number of carbonyl (C=O) groups is 1. The normalized spacial score (nSPS) is 18.6. The first-order valence-electron chi connectivity index (χ1n) is 6.94. The Kier molecular flexibility index (Phi) is 3.63. The number of hydrogen-bond donors (Lipinski definition) is 0. The first-order valence-corrected chi connectivity index (χ1v) is 7.73. The molecule has 0 aromatic heterocycles. The molecule has 1 aromatic carbocycles. The molecule has 20 heavy (non-hydrogen) atoms. The fourth-order valence-corrected chi connectivity index (χ4v) is 3.07. The number of fused-ring (bicyclic) bond motifs is 1. The lowest BCUT2D eigenvalue weighted by molar-refractivity contribution is 0.0726. The number of ether oxygens (including phenoxy) is 2. The lowest BCUT2D eigenvalue weighted by Crippen LogP contribution is -2.36. The van der Waals surface area contributed by atoms with Gasteiger partial charge in [-0.15, -0.1) is 0 Å². The molecule has 1 fully saturated rings. The van der Waals surface area contributed by atoms with Crippen LogP contribution in [-0.4, -0.2) is 37.1 Å². The van der Waals surface area contributed by atoms with Crippen molar-refractivity contribution < 1.29 is 14.3 Å². The van der Waals surface area contributed by atoms with Gasteiger partial charge in [-0.1, -0.05) is 0 Å². The summed E-state index contributed by atoms with van der Waals surface area (Å²) in [5.74, 6) is 2.01. The zero-order chi connectivity index (χ0) is 14.3. The zero-order valence-corrected chi connectivity index (χ0v) is 13.3. The lowest BCUT2D eigenvalue weighted by Gasteiger charge is -2.26. The third-order valence-electron chi connectivity index (χ3n) is 4.08. The summed E-state index contributed by atoms with van der Waals surface area (Å²) in [4.78, 5) is 14.4. The van der Waals surface area contributed by atoms with Gasteiger partial charge in [0.1, 0.15) is 13.2 Å². The summed E-state index contributed by atoms with van der Waals surface area (Å²) < 4.78 is 11.9. The molecule has 1 heterocycles. The maximum Gasteiger partial charge on any atom is 0.254 e. The van der Waals surface area contributed by atoms with Crippen LogP contribution in [0.5, 0.6) is 11.5 Å². The highest BCUT2D eigenvalue weighted by molar-refractivity contribution is 9.10. The van der Waals surface area contributed by atoms with Gasteiger partial charge < -0.3 is 14.4 Å². The van der Waals surface area contributed by atoms with E-state index in [2.05, 4.69) is 22.9 Å². The summed E-state index contributed by atoms with van der Waals surface area (Å²) in [6, 6.07) is 3.87. The molecule has 0 N–H and O–H groups in total. The van der Waals surface area contributed by atoms with Gasteiger partial charge in [-0.25, -0.2) is 0 Å². The Morgan fingerprint density at radius 2 is 2.05 bits per heavy atom. The highest BCUT2D eigenvalue weighted by Gasteiger charge is 2.33. The fraction of sp³-hybridized carbons (Fsp3) is 0.533. The summed E-state index contributed by atoms with van der Waals surface area (Å²) in [5, 5.41) is 0. The van der Waals surface area contributed by atoms with E-state index in [4.69, 9.17) is 9.47 Å². The number of amides is 1. The molecule has 0 unspecified atom stereocenters. The molecule has 1 atom stereocenters. The number of hydrogen-bond acceptors (Lipinski definition) is 3. The van der Waals surface area contributed by atoms with Crippen molar-refractivity contribution in [2.24, 2.45) is 5.92 Å². The van der Waals surface area contributed by atoms with E-state index in [1.165, 1.54) is 12.8 Å². The smallest absolute Gasteiger partial charge is 0.254 e. The number of carbonyl (C=O) groups excluding carboxylic acids is 1. The zero-order valence-electron chi connectivity index (χ0n) is 11.7. The molecule has 1 amide bonds. The molecule has 1 saturated carbocycles. The van der Waals surface area contributed by atoms with E-state index >= 15 is 0 Å². The molecule has 0 saturated heterocycles. The number of benzene rings is 1. The molecule has 1 aromatic rings. The SMILES string of the molecule is C[C@@H](C1CC1)N(C)C(=O)c1cc(Br)c2c(c1)OCCO2. The predicted octanol–water partition coefficient (Wildman–Crippen LogP) is 3.09. The average molecular weight is 340 g/mol. The summed E-state index contributed by atoms with van der Waals surface area (Å²) in [6.07, 6.45) is 2.45. The third kappa shape index (κ3) is 2.51. The van der Waals surface area contributed by atoms with E-state index in [0.717, 1.165) is 4.47 Å². The molecule has 4 nitrogen and oxygen atoms in total. The molecule has 1 aliphatic carbocycles. The Balaban J connectivity index is 1.85. The molecule has 1 aliphatic heterocycles. The largest absolute Gasteiger partial charge is 0.486 e. The molecule has 0 spiro atoms. The first-order chi connectivity index (χ1) is 9.58. The van der Waals surface area contributed by atoms with Crippen LogP contribution in [0, 0.1) is 5.92 Å². The minimum Gasteiger partial charge on any atom is -0.486 e. The topological polar surface area (TPSA) is 38.8 Å². The van der Waals surface area contributed by atoms with Crippen molar-refractivity contribution in [1.29, 1.82) is 0 Å². The Labute approximate surface area is 127 Å². The maximum atomic E-state index is 12.6. The minimum absolute atomic E-state index is 0.0297. The van der Waals surface area contributed by atoms with Crippen LogP contribution >= 0.6 is 15.9 Å². The van der Waals surface area contributed by atoms with Crippen LogP contribution in [-0.2, 0) is 0 Å². The van der Waals surface area contributed by atoms with Crippen LogP contribution in [0.15, 0.2) is 16.6 Å². The van der Waals surface area contributed by atoms with Gasteiger partial charge in [0.2, 0.25) is 0 Å². The van der Waals surface area contributed by atoms with Crippen LogP contribution in [0.1, 0.15) is 30.1 Å². The third-order valence-corrected chi connectivity index (χ3v) is 4.67. The van der Waals surface area contributed by atoms with Crippen molar-refractivity contribution in [3.05, 3.63) is 22.2 Å². The van der Waals surface area contributed by atoms with Crippen molar-refractivity contribution in [2.45, 2.75) is 25.8 Å². The van der Waals surface area contributed by atoms with Crippen LogP contribution < -0.4 is 9.47 Å². The second-order valence-corrected chi connectivity index (χ2v) is 6.33. The van der Waals surface area contributed by atoms with Crippen molar-refractivity contribution in [2.75, 3.05) is 20.3 Å². The second kappa shape index (κ2) is 5.28. The van der Waals surface area contributed by atoms with Crippen LogP contribution in [0.25, 0.3) is 0 Å². The number of rotatable bonds is 3. The van der Waals surface area contributed by atoms with E-state index in [1.807, 2.05) is 18.0 Å². The average Bonchev–Trinajstić information content (AvgIpc) is 3.29. The predicted molar refractivity (Wildman–Crippen MR) is 79.4 cm³/mol. The Morgan fingerprint density at radius 1 is 1.35 bits per heavy atom. The molecular formula is C15H18BrNO3. The van der Waals surface area contributed by atoms with Crippen molar-refractivity contribution in [1.82, 2.24) is 4.90 Å². The van der Waals surface area contributed by atoms with Gasteiger partial charge in [0, 0.05) is 18.7 Å². The van der Waals surface area contributed by atoms with Crippen molar-refractivity contribution in [3.8, 4) is 11.5 Å². The Bertz CT molecular complexity index is 542. The minimum atomic E-state index is 0.0297. The van der Waals surface area contributed by atoms with Gasteiger partial charge in [0.15, 0.2) is 11.5 Å². The molecule has 3 rings (SSSR count). The standard InChI is InChI=1S/C15H18BrNO3/c1-9(10-3-4-10)17(2)15(18)11-7-12(16)14-13(8-11)19-5-6-20-14/h7-10H,3-6H2,1-2H3/t9-/m0/s1. The second-order valence-electron chi connectivity index (χ2n) is 5.48. The van der Waals surface area contributed by atoms with Crippen LogP contribution in [0.4, 0.5) is 0 Å². The van der Waals surface area contributed by atoms with E-state index in [-0.39, 0.29) is 11.9 Å². The molecular weight excluding hydrogens is 322 g/mol. The summed E-state index contributed by atoms with van der Waals surface area (Å²) in [7, 11) is 1.87. The summed E-state index contributed by atoms with van der Waals surface area (Å²) in [6.45, 7) is 3.17. The molecule has 0 radical (unpaired) electrons. The van der Waals surface area contributed by atoms with E-state index in [0.29, 0.717) is 36.2 Å². The van der Waals surface area contributed by atoms with E-state index < -0.39 is 0 Å². The van der Waals surface area contributed by atoms with Crippen LogP contribution in [0.3, 0.4) is 0 Å². The molecule has 108 valence electrons. The van der Waals surface area contributed by atoms with Gasteiger partial charge in [-0.05, 0) is 53.7 Å². The Morgan fingerprint density at radius 3 is 2.75 bits per heavy atom. The molecule has 0 bridgehead atoms. The van der Waals surface area contributed by atoms with Gasteiger partial charge in [0.25, 0.3) is 5.91 Å². The lowest BCUT2D eigenvalue weighted by atomic mass is 10.1. The Hall–Kier alpha value is -1.23. The molecule has 2 aliphatic rings. The maximum absolute atomic E-state index is 12.6. The first kappa shape index (κ1) is 13.7.